The first-order valence-electron chi connectivity index (χ1n) is 7.91. The third-order valence-electron chi connectivity index (χ3n) is 4.40. The number of phenolic OH excluding ortho intramolecular Hbond substituents is 1. The van der Waals surface area contributed by atoms with Crippen LogP contribution >= 0.6 is 11.3 Å². The van der Waals surface area contributed by atoms with Gasteiger partial charge in [0.2, 0.25) is 0 Å². The maximum atomic E-state index is 10.2. The molecule has 1 aromatic heterocycles. The molecule has 1 unspecified atom stereocenters. The summed E-state index contributed by atoms with van der Waals surface area (Å²) in [6, 6.07) is 10.4. The van der Waals surface area contributed by atoms with Crippen molar-refractivity contribution in [1.29, 1.82) is 0 Å². The van der Waals surface area contributed by atoms with E-state index in [-0.39, 0.29) is 0 Å². The zero-order valence-corrected chi connectivity index (χ0v) is 13.8. The molecule has 0 amide bonds. The Hall–Kier alpha value is -1.52. The van der Waals surface area contributed by atoms with Crippen molar-refractivity contribution in [3.8, 4) is 11.5 Å². The number of benzene rings is 1. The van der Waals surface area contributed by atoms with E-state index in [1.54, 1.807) is 13.2 Å². The molecule has 1 N–H and O–H groups in total. The molecule has 1 saturated heterocycles. The number of thiophene rings is 1. The Labute approximate surface area is 136 Å². The highest BCUT2D eigenvalue weighted by atomic mass is 32.1. The molecule has 3 nitrogen and oxygen atoms in total. The molecule has 2 heterocycles. The lowest BCUT2D eigenvalue weighted by atomic mass is 10.1. The van der Waals surface area contributed by atoms with Crippen LogP contribution in [0.4, 0.5) is 0 Å². The molecular weight excluding hydrogens is 294 g/mol. The van der Waals surface area contributed by atoms with Crippen LogP contribution in [0.25, 0.3) is 0 Å². The molecule has 1 fully saturated rings. The minimum atomic E-state index is 0.327. The van der Waals surface area contributed by atoms with E-state index in [9.17, 15) is 5.11 Å². The predicted molar refractivity (Wildman–Crippen MR) is 90.6 cm³/mol. The van der Waals surface area contributed by atoms with Crippen LogP contribution < -0.4 is 4.74 Å². The molecule has 1 atom stereocenters. The van der Waals surface area contributed by atoms with Crippen LogP contribution in [0.3, 0.4) is 0 Å². The number of aromatic hydroxyl groups is 1. The molecule has 2 aromatic rings. The summed E-state index contributed by atoms with van der Waals surface area (Å²) in [6.07, 6.45) is 5.02. The monoisotopic (exact) mass is 317 g/mol. The second-order valence-electron chi connectivity index (χ2n) is 5.85. The summed E-state index contributed by atoms with van der Waals surface area (Å²) in [4.78, 5) is 3.95. The third-order valence-corrected chi connectivity index (χ3v) is 5.37. The Morgan fingerprint density at radius 3 is 2.91 bits per heavy atom. The summed E-state index contributed by atoms with van der Waals surface area (Å²) in [5, 5.41) is 12.4. The Morgan fingerprint density at radius 1 is 1.27 bits per heavy atom. The van der Waals surface area contributed by atoms with Crippen molar-refractivity contribution in [2.45, 2.75) is 38.3 Å². The van der Waals surface area contributed by atoms with Gasteiger partial charge in [-0.3, -0.25) is 4.90 Å². The van der Waals surface area contributed by atoms with Gasteiger partial charge in [0, 0.05) is 29.1 Å². The SMILES string of the molecule is COc1ccc(CN2CCCCCC2c2cccs2)c(O)c1. The van der Waals surface area contributed by atoms with Crippen molar-refractivity contribution < 1.29 is 9.84 Å². The van der Waals surface area contributed by atoms with Gasteiger partial charge in [-0.05, 0) is 36.9 Å². The molecule has 1 aliphatic heterocycles. The van der Waals surface area contributed by atoms with Gasteiger partial charge in [0.15, 0.2) is 0 Å². The first-order valence-corrected chi connectivity index (χ1v) is 8.79. The number of hydrogen-bond acceptors (Lipinski definition) is 4. The Kier molecular flexibility index (Phi) is 5.01. The molecule has 0 bridgehead atoms. The number of ether oxygens (including phenoxy) is 1. The van der Waals surface area contributed by atoms with Crippen LogP contribution in [0.1, 0.15) is 42.2 Å². The number of nitrogens with zero attached hydrogens (tertiary/aromatic N) is 1. The average molecular weight is 317 g/mol. The van der Waals surface area contributed by atoms with Gasteiger partial charge in [-0.15, -0.1) is 11.3 Å². The molecule has 4 heteroatoms. The summed E-state index contributed by atoms with van der Waals surface area (Å²) in [6.45, 7) is 1.88. The standard InChI is InChI=1S/C18H23NO2S/c1-21-15-9-8-14(17(20)12-15)13-19-10-4-2-3-6-16(19)18-7-5-11-22-18/h5,7-9,11-12,16,20H,2-4,6,10,13H2,1H3. The lowest BCUT2D eigenvalue weighted by Gasteiger charge is -2.29. The number of phenols is 1. The van der Waals surface area contributed by atoms with Crippen molar-refractivity contribution in [1.82, 2.24) is 4.90 Å². The van der Waals surface area contributed by atoms with Crippen LogP contribution in [0.2, 0.25) is 0 Å². The van der Waals surface area contributed by atoms with Gasteiger partial charge in [-0.25, -0.2) is 0 Å². The van der Waals surface area contributed by atoms with Crippen LogP contribution in [0.15, 0.2) is 35.7 Å². The topological polar surface area (TPSA) is 32.7 Å². The van der Waals surface area contributed by atoms with Gasteiger partial charge in [0.1, 0.15) is 11.5 Å². The fourth-order valence-corrected chi connectivity index (χ4v) is 4.08. The summed E-state index contributed by atoms with van der Waals surface area (Å²) in [5.41, 5.74) is 0.976. The van der Waals surface area contributed by atoms with Crippen LogP contribution in [-0.2, 0) is 6.54 Å². The van der Waals surface area contributed by atoms with Crippen molar-refractivity contribution >= 4 is 11.3 Å². The second-order valence-corrected chi connectivity index (χ2v) is 6.82. The first kappa shape index (κ1) is 15.4. The minimum Gasteiger partial charge on any atom is -0.507 e. The molecule has 0 aliphatic carbocycles. The molecule has 0 saturated carbocycles. The van der Waals surface area contributed by atoms with Crippen molar-refractivity contribution in [2.75, 3.05) is 13.7 Å². The van der Waals surface area contributed by atoms with E-state index in [2.05, 4.69) is 22.4 Å². The van der Waals surface area contributed by atoms with Gasteiger partial charge in [0.25, 0.3) is 0 Å². The van der Waals surface area contributed by atoms with Crippen LogP contribution in [-0.4, -0.2) is 23.7 Å². The maximum absolute atomic E-state index is 10.2. The predicted octanol–water partition coefficient (Wildman–Crippen LogP) is 4.58. The fourth-order valence-electron chi connectivity index (χ4n) is 3.18. The van der Waals surface area contributed by atoms with Crippen molar-refractivity contribution in [3.05, 3.63) is 46.2 Å². The quantitative estimate of drug-likeness (QED) is 0.896. The Morgan fingerprint density at radius 2 is 2.18 bits per heavy atom. The smallest absolute Gasteiger partial charge is 0.123 e. The zero-order valence-electron chi connectivity index (χ0n) is 13.0. The van der Waals surface area contributed by atoms with Crippen LogP contribution in [0.5, 0.6) is 11.5 Å². The normalized spacial score (nSPS) is 19.8. The van der Waals surface area contributed by atoms with Crippen molar-refractivity contribution in [3.63, 3.8) is 0 Å². The Bertz CT molecular complexity index is 597. The lowest BCUT2D eigenvalue weighted by molar-refractivity contribution is 0.193. The third kappa shape index (κ3) is 3.45. The summed E-state index contributed by atoms with van der Waals surface area (Å²) in [7, 11) is 1.62. The van der Waals surface area contributed by atoms with E-state index in [1.807, 2.05) is 23.5 Å². The Balaban J connectivity index is 1.81. The number of methoxy groups -OCH3 is 1. The highest BCUT2D eigenvalue weighted by Crippen LogP contribution is 2.35. The van der Waals surface area contributed by atoms with E-state index >= 15 is 0 Å². The average Bonchev–Trinajstić information content (AvgIpc) is 2.96. The molecule has 1 aromatic carbocycles. The summed E-state index contributed by atoms with van der Waals surface area (Å²) in [5.74, 6) is 1.03. The highest BCUT2D eigenvalue weighted by molar-refractivity contribution is 7.10. The van der Waals surface area contributed by atoms with E-state index in [0.29, 0.717) is 17.5 Å². The van der Waals surface area contributed by atoms with E-state index in [1.165, 1.54) is 30.6 Å². The molecular formula is C18H23NO2S. The van der Waals surface area contributed by atoms with E-state index < -0.39 is 0 Å². The number of likely N-dealkylation sites (tertiary alicyclic amines) is 1. The maximum Gasteiger partial charge on any atom is 0.123 e. The van der Waals surface area contributed by atoms with E-state index in [0.717, 1.165) is 18.7 Å². The van der Waals surface area contributed by atoms with Gasteiger partial charge < -0.3 is 9.84 Å². The first-order chi connectivity index (χ1) is 10.8. The molecule has 118 valence electrons. The molecule has 3 rings (SSSR count). The molecule has 1 aliphatic rings. The fraction of sp³-hybridized carbons (Fsp3) is 0.444. The largest absolute Gasteiger partial charge is 0.507 e. The van der Waals surface area contributed by atoms with Gasteiger partial charge in [-0.2, -0.15) is 0 Å². The van der Waals surface area contributed by atoms with Crippen molar-refractivity contribution in [2.24, 2.45) is 0 Å². The van der Waals surface area contributed by atoms with Gasteiger partial charge in [0.05, 0.1) is 7.11 Å². The summed E-state index contributed by atoms with van der Waals surface area (Å²) < 4.78 is 5.17. The van der Waals surface area contributed by atoms with Crippen LogP contribution in [0, 0.1) is 0 Å². The lowest BCUT2D eigenvalue weighted by Crippen LogP contribution is -2.27. The highest BCUT2D eigenvalue weighted by Gasteiger charge is 2.24. The number of rotatable bonds is 4. The number of hydrogen-bond donors (Lipinski definition) is 1. The second kappa shape index (κ2) is 7.16. The molecule has 22 heavy (non-hydrogen) atoms. The van der Waals surface area contributed by atoms with Gasteiger partial charge >= 0.3 is 0 Å². The summed E-state index contributed by atoms with van der Waals surface area (Å²) >= 11 is 1.84. The minimum absolute atomic E-state index is 0.327. The zero-order chi connectivity index (χ0) is 15.4. The van der Waals surface area contributed by atoms with E-state index in [4.69, 9.17) is 4.74 Å². The molecule has 0 radical (unpaired) electrons. The molecule has 0 spiro atoms. The van der Waals surface area contributed by atoms with Gasteiger partial charge in [-0.1, -0.05) is 25.0 Å².